The summed E-state index contributed by atoms with van der Waals surface area (Å²) >= 11 is 3.42. The Hall–Kier alpha value is -1.03. The molecular weight excluding hydrogens is 304 g/mol. The molecule has 2 amide bonds. The number of carbonyl (C=O) groups is 1. The largest absolute Gasteiger partial charge is 0.338 e. The van der Waals surface area contributed by atoms with E-state index in [1.54, 1.807) is 0 Å². The van der Waals surface area contributed by atoms with Gasteiger partial charge in [0.15, 0.2) is 0 Å². The van der Waals surface area contributed by atoms with Crippen LogP contribution in [0.15, 0.2) is 28.7 Å². The maximum absolute atomic E-state index is 12.0. The van der Waals surface area contributed by atoms with Crippen LogP contribution in [0.25, 0.3) is 0 Å². The molecule has 104 valence electrons. The maximum Gasteiger partial charge on any atom is 0.317 e. The Kier molecular flexibility index (Phi) is 5.70. The van der Waals surface area contributed by atoms with Crippen molar-refractivity contribution in [1.82, 2.24) is 10.2 Å². The van der Waals surface area contributed by atoms with Crippen LogP contribution in [-0.4, -0.2) is 30.6 Å². The van der Waals surface area contributed by atoms with E-state index >= 15 is 0 Å². The SMILES string of the molecule is O=C(NCCc1ccc(Br)cc1)N1CCCCCC1. The third-order valence-electron chi connectivity index (χ3n) is 3.50. The van der Waals surface area contributed by atoms with Crippen molar-refractivity contribution in [2.45, 2.75) is 32.1 Å². The van der Waals surface area contributed by atoms with Gasteiger partial charge in [-0.25, -0.2) is 4.79 Å². The lowest BCUT2D eigenvalue weighted by molar-refractivity contribution is 0.200. The van der Waals surface area contributed by atoms with Crippen LogP contribution in [0, 0.1) is 0 Å². The lowest BCUT2D eigenvalue weighted by atomic mass is 10.1. The molecule has 1 aromatic carbocycles. The van der Waals surface area contributed by atoms with Crippen molar-refractivity contribution in [1.29, 1.82) is 0 Å². The zero-order valence-corrected chi connectivity index (χ0v) is 12.8. The molecule has 2 rings (SSSR count). The highest BCUT2D eigenvalue weighted by Gasteiger charge is 2.14. The predicted octanol–water partition coefficient (Wildman–Crippen LogP) is 3.58. The second-order valence-electron chi connectivity index (χ2n) is 5.01. The minimum Gasteiger partial charge on any atom is -0.338 e. The Morgan fingerprint density at radius 1 is 1.11 bits per heavy atom. The average molecular weight is 325 g/mol. The third kappa shape index (κ3) is 4.86. The fourth-order valence-electron chi connectivity index (χ4n) is 2.35. The van der Waals surface area contributed by atoms with Crippen LogP contribution in [0.4, 0.5) is 4.79 Å². The minimum atomic E-state index is 0.0963. The van der Waals surface area contributed by atoms with E-state index in [9.17, 15) is 4.79 Å². The second kappa shape index (κ2) is 7.53. The highest BCUT2D eigenvalue weighted by atomic mass is 79.9. The van der Waals surface area contributed by atoms with Gasteiger partial charge in [-0.15, -0.1) is 0 Å². The first kappa shape index (κ1) is 14.4. The number of halogens is 1. The number of hydrogen-bond acceptors (Lipinski definition) is 1. The molecule has 1 fully saturated rings. The summed E-state index contributed by atoms with van der Waals surface area (Å²) in [6.07, 6.45) is 5.67. The molecule has 19 heavy (non-hydrogen) atoms. The molecule has 0 unspecified atom stereocenters. The van der Waals surface area contributed by atoms with Crippen molar-refractivity contribution in [2.24, 2.45) is 0 Å². The van der Waals surface area contributed by atoms with Gasteiger partial charge in [-0.2, -0.15) is 0 Å². The highest BCUT2D eigenvalue weighted by molar-refractivity contribution is 9.10. The van der Waals surface area contributed by atoms with Crippen LogP contribution in [0.2, 0.25) is 0 Å². The predicted molar refractivity (Wildman–Crippen MR) is 81.3 cm³/mol. The molecule has 0 radical (unpaired) electrons. The molecule has 0 aliphatic carbocycles. The van der Waals surface area contributed by atoms with Crippen molar-refractivity contribution in [3.63, 3.8) is 0 Å². The van der Waals surface area contributed by atoms with Crippen molar-refractivity contribution in [2.75, 3.05) is 19.6 Å². The Labute approximate surface area is 123 Å². The van der Waals surface area contributed by atoms with Crippen molar-refractivity contribution < 1.29 is 4.79 Å². The molecule has 1 heterocycles. The Morgan fingerprint density at radius 2 is 1.74 bits per heavy atom. The van der Waals surface area contributed by atoms with Crippen LogP contribution < -0.4 is 5.32 Å². The lowest BCUT2D eigenvalue weighted by Crippen LogP contribution is -2.41. The van der Waals surface area contributed by atoms with Gasteiger partial charge in [0.05, 0.1) is 0 Å². The molecule has 4 heteroatoms. The first-order valence-electron chi connectivity index (χ1n) is 7.03. The summed E-state index contributed by atoms with van der Waals surface area (Å²) in [5.74, 6) is 0. The molecule has 1 aromatic rings. The van der Waals surface area contributed by atoms with E-state index in [1.807, 2.05) is 17.0 Å². The molecule has 0 aromatic heterocycles. The zero-order chi connectivity index (χ0) is 13.5. The van der Waals surface area contributed by atoms with Crippen molar-refractivity contribution >= 4 is 22.0 Å². The van der Waals surface area contributed by atoms with Crippen LogP contribution in [0.3, 0.4) is 0 Å². The monoisotopic (exact) mass is 324 g/mol. The summed E-state index contributed by atoms with van der Waals surface area (Å²) in [6, 6.07) is 8.33. The number of amides is 2. The summed E-state index contributed by atoms with van der Waals surface area (Å²) < 4.78 is 1.09. The fourth-order valence-corrected chi connectivity index (χ4v) is 2.61. The van der Waals surface area contributed by atoms with E-state index < -0.39 is 0 Å². The number of hydrogen-bond donors (Lipinski definition) is 1. The third-order valence-corrected chi connectivity index (χ3v) is 4.03. The van der Waals surface area contributed by atoms with Gasteiger partial charge in [-0.1, -0.05) is 40.9 Å². The van der Waals surface area contributed by atoms with E-state index in [-0.39, 0.29) is 6.03 Å². The second-order valence-corrected chi connectivity index (χ2v) is 5.93. The summed E-state index contributed by atoms with van der Waals surface area (Å²) in [6.45, 7) is 2.52. The Morgan fingerprint density at radius 3 is 2.37 bits per heavy atom. The van der Waals surface area contributed by atoms with Gasteiger partial charge in [0.2, 0.25) is 0 Å². The standard InChI is InChI=1S/C15H21BrN2O/c16-14-7-5-13(6-8-14)9-10-17-15(19)18-11-3-1-2-4-12-18/h5-8H,1-4,9-12H2,(H,17,19). The molecule has 0 atom stereocenters. The van der Waals surface area contributed by atoms with Crippen LogP contribution in [-0.2, 0) is 6.42 Å². The maximum atomic E-state index is 12.0. The van der Waals surface area contributed by atoms with Gasteiger partial charge in [-0.3, -0.25) is 0 Å². The quantitative estimate of drug-likeness (QED) is 0.905. The molecule has 0 spiro atoms. The van der Waals surface area contributed by atoms with Crippen LogP contribution in [0.5, 0.6) is 0 Å². The summed E-state index contributed by atoms with van der Waals surface area (Å²) in [4.78, 5) is 14.0. The summed E-state index contributed by atoms with van der Waals surface area (Å²) in [5, 5.41) is 3.02. The van der Waals surface area contributed by atoms with Gasteiger partial charge >= 0.3 is 6.03 Å². The molecule has 1 aliphatic heterocycles. The van der Waals surface area contributed by atoms with Crippen molar-refractivity contribution in [3.05, 3.63) is 34.3 Å². The van der Waals surface area contributed by atoms with Gasteiger partial charge in [-0.05, 0) is 37.0 Å². The number of urea groups is 1. The molecule has 0 saturated carbocycles. The van der Waals surface area contributed by atoms with E-state index in [0.29, 0.717) is 6.54 Å². The topological polar surface area (TPSA) is 32.3 Å². The van der Waals surface area contributed by atoms with Crippen LogP contribution in [0.1, 0.15) is 31.2 Å². The van der Waals surface area contributed by atoms with Gasteiger partial charge in [0.1, 0.15) is 0 Å². The number of benzene rings is 1. The first-order chi connectivity index (χ1) is 9.25. The molecule has 3 nitrogen and oxygen atoms in total. The highest BCUT2D eigenvalue weighted by Crippen LogP contribution is 2.11. The van der Waals surface area contributed by atoms with Gasteiger partial charge in [0.25, 0.3) is 0 Å². The Balaban J connectivity index is 1.72. The fraction of sp³-hybridized carbons (Fsp3) is 0.533. The summed E-state index contributed by atoms with van der Waals surface area (Å²) in [5.41, 5.74) is 1.25. The van der Waals surface area contributed by atoms with E-state index in [4.69, 9.17) is 0 Å². The van der Waals surface area contributed by atoms with E-state index in [2.05, 4.69) is 33.4 Å². The smallest absolute Gasteiger partial charge is 0.317 e. The van der Waals surface area contributed by atoms with E-state index in [1.165, 1.54) is 18.4 Å². The van der Waals surface area contributed by atoms with Crippen LogP contribution >= 0.6 is 15.9 Å². The average Bonchev–Trinajstić information content (AvgIpc) is 2.70. The van der Waals surface area contributed by atoms with E-state index in [0.717, 1.165) is 36.8 Å². The molecule has 1 saturated heterocycles. The minimum absolute atomic E-state index is 0.0963. The van der Waals surface area contributed by atoms with Gasteiger partial charge < -0.3 is 10.2 Å². The zero-order valence-electron chi connectivity index (χ0n) is 11.2. The number of nitrogens with one attached hydrogen (secondary N) is 1. The molecule has 1 aliphatic rings. The lowest BCUT2D eigenvalue weighted by Gasteiger charge is -2.20. The molecule has 1 N–H and O–H groups in total. The number of nitrogens with zero attached hydrogens (tertiary/aromatic N) is 1. The number of carbonyl (C=O) groups excluding carboxylic acids is 1. The van der Waals surface area contributed by atoms with Gasteiger partial charge in [0, 0.05) is 24.1 Å². The molecule has 0 bridgehead atoms. The number of likely N-dealkylation sites (tertiary alicyclic amines) is 1. The first-order valence-corrected chi connectivity index (χ1v) is 7.82. The molecular formula is C15H21BrN2O. The number of rotatable bonds is 3. The van der Waals surface area contributed by atoms with Crippen molar-refractivity contribution in [3.8, 4) is 0 Å². The normalized spacial score (nSPS) is 15.9. The Bertz CT molecular complexity index is 397. The summed E-state index contributed by atoms with van der Waals surface area (Å²) in [7, 11) is 0.